The molecule has 2 rings (SSSR count). The zero-order chi connectivity index (χ0) is 12.3. The molecule has 0 aliphatic carbocycles. The highest BCUT2D eigenvalue weighted by Crippen LogP contribution is 2.33. The van der Waals surface area contributed by atoms with Crippen molar-refractivity contribution in [2.45, 2.75) is 13.8 Å². The molecule has 5 heteroatoms. The molecule has 3 N–H and O–H groups in total. The summed E-state index contributed by atoms with van der Waals surface area (Å²) in [6.45, 7) is 3.91. The number of nitrogens with zero attached hydrogens (tertiary/aromatic N) is 1. The molecule has 0 saturated carbocycles. The van der Waals surface area contributed by atoms with Crippen LogP contribution in [-0.4, -0.2) is 23.5 Å². The van der Waals surface area contributed by atoms with E-state index in [1.54, 1.807) is 0 Å². The van der Waals surface area contributed by atoms with Crippen molar-refractivity contribution >= 4 is 33.5 Å². The highest BCUT2D eigenvalue weighted by molar-refractivity contribution is 7.20. The fourth-order valence-corrected chi connectivity index (χ4v) is 2.60. The number of anilines is 1. The fourth-order valence-electron chi connectivity index (χ4n) is 1.57. The van der Waals surface area contributed by atoms with Crippen molar-refractivity contribution in [2.75, 3.05) is 12.8 Å². The van der Waals surface area contributed by atoms with Gasteiger partial charge in [-0.05, 0) is 25.5 Å². The molecule has 0 aliphatic rings. The van der Waals surface area contributed by atoms with Crippen molar-refractivity contribution in [1.82, 2.24) is 4.98 Å². The number of rotatable bonds is 1. The third-order valence-corrected chi connectivity index (χ3v) is 3.18. The molecule has 4 nitrogen and oxygen atoms in total. The Hall–Kier alpha value is -1.46. The zero-order valence-corrected chi connectivity index (χ0v) is 10.3. The summed E-state index contributed by atoms with van der Waals surface area (Å²) in [4.78, 5) is 16.5. The summed E-state index contributed by atoms with van der Waals surface area (Å²) in [6.07, 6.45) is 0.788. The first-order valence-corrected chi connectivity index (χ1v) is 5.51. The normalized spacial score (nSPS) is 9.75. The quantitative estimate of drug-likeness (QED) is 0.744. The van der Waals surface area contributed by atoms with Gasteiger partial charge in [-0.2, -0.15) is 0 Å². The summed E-state index contributed by atoms with van der Waals surface area (Å²) >= 11 is 1.35. The second kappa shape index (κ2) is 5.05. The standard InChI is InChI=1S/C10H10N2OS.CH4O/c1-5-3-6(2)12-10-8(5)9(11)7(4-13)14-10;1-2/h3-4H,11H2,1-2H3;2H,1H3. The van der Waals surface area contributed by atoms with Crippen LogP contribution in [0.5, 0.6) is 0 Å². The molecule has 2 aromatic heterocycles. The molecular weight excluding hydrogens is 224 g/mol. The summed E-state index contributed by atoms with van der Waals surface area (Å²) in [5, 5.41) is 7.92. The molecule has 0 spiro atoms. The summed E-state index contributed by atoms with van der Waals surface area (Å²) < 4.78 is 0. The number of aliphatic hydroxyl groups is 1. The number of carbonyl (C=O) groups excluding carboxylic acids is 1. The van der Waals surface area contributed by atoms with E-state index < -0.39 is 0 Å². The van der Waals surface area contributed by atoms with Crippen LogP contribution in [0, 0.1) is 13.8 Å². The number of aliphatic hydroxyl groups excluding tert-OH is 1. The van der Waals surface area contributed by atoms with Gasteiger partial charge in [-0.3, -0.25) is 4.79 Å². The smallest absolute Gasteiger partial charge is 0.162 e. The largest absolute Gasteiger partial charge is 0.400 e. The van der Waals surface area contributed by atoms with E-state index in [0.717, 1.165) is 34.9 Å². The van der Waals surface area contributed by atoms with E-state index in [4.69, 9.17) is 10.8 Å². The van der Waals surface area contributed by atoms with Crippen LogP contribution < -0.4 is 5.73 Å². The molecule has 0 fully saturated rings. The van der Waals surface area contributed by atoms with E-state index in [1.165, 1.54) is 11.3 Å². The number of nitrogens with two attached hydrogens (primary N) is 1. The lowest BCUT2D eigenvalue weighted by Gasteiger charge is -1.98. The Morgan fingerprint density at radius 1 is 1.44 bits per heavy atom. The van der Waals surface area contributed by atoms with E-state index in [-0.39, 0.29) is 0 Å². The van der Waals surface area contributed by atoms with Crippen molar-refractivity contribution in [3.05, 3.63) is 22.2 Å². The van der Waals surface area contributed by atoms with Gasteiger partial charge in [0.1, 0.15) is 4.83 Å². The van der Waals surface area contributed by atoms with Crippen molar-refractivity contribution < 1.29 is 9.90 Å². The van der Waals surface area contributed by atoms with Gasteiger partial charge < -0.3 is 10.8 Å². The third kappa shape index (κ3) is 2.05. The number of carbonyl (C=O) groups is 1. The molecule has 0 aliphatic heterocycles. The molecule has 0 radical (unpaired) electrons. The number of aromatic nitrogens is 1. The molecule has 2 aromatic rings. The van der Waals surface area contributed by atoms with E-state index in [0.29, 0.717) is 10.6 Å². The molecule has 0 bridgehead atoms. The Balaban J connectivity index is 0.000000606. The van der Waals surface area contributed by atoms with Gasteiger partial charge in [-0.1, -0.05) is 0 Å². The average Bonchev–Trinajstić information content (AvgIpc) is 2.58. The molecular formula is C11H14N2O2S. The maximum absolute atomic E-state index is 10.7. The SMILES string of the molecule is CO.Cc1cc(C)c2c(N)c(C=O)sc2n1. The minimum atomic E-state index is 0.560. The monoisotopic (exact) mass is 238 g/mol. The lowest BCUT2D eigenvalue weighted by atomic mass is 10.1. The summed E-state index contributed by atoms with van der Waals surface area (Å²) in [7, 11) is 1.00. The highest BCUT2D eigenvalue weighted by atomic mass is 32.1. The van der Waals surface area contributed by atoms with E-state index in [2.05, 4.69) is 4.98 Å². The number of aryl methyl sites for hydroxylation is 2. The minimum absolute atomic E-state index is 0.560. The predicted molar refractivity (Wildman–Crippen MR) is 67.0 cm³/mol. The van der Waals surface area contributed by atoms with Crippen molar-refractivity contribution in [1.29, 1.82) is 0 Å². The average molecular weight is 238 g/mol. The van der Waals surface area contributed by atoms with Crippen molar-refractivity contribution in [3.63, 3.8) is 0 Å². The molecule has 0 saturated heterocycles. The molecule has 0 aromatic carbocycles. The Bertz CT molecular complexity index is 520. The van der Waals surface area contributed by atoms with Crippen LogP contribution in [0.1, 0.15) is 20.9 Å². The number of hydrogen-bond donors (Lipinski definition) is 2. The van der Waals surface area contributed by atoms with Crippen LogP contribution in [0.2, 0.25) is 0 Å². The van der Waals surface area contributed by atoms with Crippen molar-refractivity contribution in [3.8, 4) is 0 Å². The third-order valence-electron chi connectivity index (χ3n) is 2.16. The van der Waals surface area contributed by atoms with Crippen LogP contribution in [0.4, 0.5) is 5.69 Å². The predicted octanol–water partition coefficient (Wildman–Crippen LogP) is 1.92. The van der Waals surface area contributed by atoms with Crippen LogP contribution in [-0.2, 0) is 0 Å². The van der Waals surface area contributed by atoms with E-state index in [9.17, 15) is 4.79 Å². The highest BCUT2D eigenvalue weighted by Gasteiger charge is 2.11. The summed E-state index contributed by atoms with van der Waals surface area (Å²) in [6, 6.07) is 1.97. The first-order valence-electron chi connectivity index (χ1n) is 4.69. The lowest BCUT2D eigenvalue weighted by molar-refractivity contribution is 0.112. The topological polar surface area (TPSA) is 76.2 Å². The van der Waals surface area contributed by atoms with Gasteiger partial charge in [0.2, 0.25) is 0 Å². The molecule has 16 heavy (non-hydrogen) atoms. The second-order valence-corrected chi connectivity index (χ2v) is 4.29. The lowest BCUT2D eigenvalue weighted by Crippen LogP contribution is -1.89. The van der Waals surface area contributed by atoms with E-state index >= 15 is 0 Å². The molecule has 0 atom stereocenters. The van der Waals surface area contributed by atoms with Gasteiger partial charge in [0.05, 0.1) is 10.6 Å². The molecule has 2 heterocycles. The van der Waals surface area contributed by atoms with Gasteiger partial charge in [-0.25, -0.2) is 4.98 Å². The van der Waals surface area contributed by atoms with Gasteiger partial charge in [0, 0.05) is 18.2 Å². The van der Waals surface area contributed by atoms with Crippen LogP contribution >= 0.6 is 11.3 Å². The van der Waals surface area contributed by atoms with Crippen LogP contribution in [0.15, 0.2) is 6.07 Å². The van der Waals surface area contributed by atoms with Crippen LogP contribution in [0.3, 0.4) is 0 Å². The first-order chi connectivity index (χ1) is 7.63. The number of pyridine rings is 1. The van der Waals surface area contributed by atoms with Gasteiger partial charge >= 0.3 is 0 Å². The fraction of sp³-hybridized carbons (Fsp3) is 0.273. The summed E-state index contributed by atoms with van der Waals surface area (Å²) in [5.41, 5.74) is 8.43. The number of hydrogen-bond acceptors (Lipinski definition) is 5. The van der Waals surface area contributed by atoms with Gasteiger partial charge in [-0.15, -0.1) is 11.3 Å². The minimum Gasteiger partial charge on any atom is -0.400 e. The Labute approximate surface area is 97.7 Å². The Morgan fingerprint density at radius 2 is 2.06 bits per heavy atom. The molecule has 86 valence electrons. The molecule has 0 amide bonds. The number of nitrogen functional groups attached to an aromatic ring is 1. The number of aldehydes is 1. The molecule has 0 unspecified atom stereocenters. The maximum atomic E-state index is 10.7. The number of fused-ring (bicyclic) bond motifs is 1. The van der Waals surface area contributed by atoms with Gasteiger partial charge in [0.15, 0.2) is 6.29 Å². The van der Waals surface area contributed by atoms with Crippen LogP contribution in [0.25, 0.3) is 10.2 Å². The van der Waals surface area contributed by atoms with Gasteiger partial charge in [0.25, 0.3) is 0 Å². The Morgan fingerprint density at radius 3 is 2.62 bits per heavy atom. The zero-order valence-electron chi connectivity index (χ0n) is 9.44. The second-order valence-electron chi connectivity index (χ2n) is 3.26. The number of thiophene rings is 1. The summed E-state index contributed by atoms with van der Waals surface area (Å²) in [5.74, 6) is 0. The van der Waals surface area contributed by atoms with E-state index in [1.807, 2.05) is 19.9 Å². The maximum Gasteiger partial charge on any atom is 0.162 e. The van der Waals surface area contributed by atoms with Crippen molar-refractivity contribution in [2.24, 2.45) is 0 Å². The first kappa shape index (κ1) is 12.6. The Kier molecular flexibility index (Phi) is 3.98.